The third-order valence-electron chi connectivity index (χ3n) is 4.87. The number of hydrogen-bond acceptors (Lipinski definition) is 5. The van der Waals surface area contributed by atoms with E-state index in [9.17, 15) is 9.59 Å². The molecule has 0 fully saturated rings. The van der Waals surface area contributed by atoms with E-state index >= 15 is 0 Å². The number of amides is 2. The summed E-state index contributed by atoms with van der Waals surface area (Å²) in [5, 5.41) is 6.04. The van der Waals surface area contributed by atoms with Gasteiger partial charge in [0.2, 0.25) is 5.91 Å². The first-order valence-corrected chi connectivity index (χ1v) is 11.0. The molecule has 1 aromatic heterocycles. The topological polar surface area (TPSA) is 80.3 Å². The summed E-state index contributed by atoms with van der Waals surface area (Å²) in [7, 11) is 0. The fraction of sp³-hybridized carbons (Fsp3) is 0.500. The summed E-state index contributed by atoms with van der Waals surface area (Å²) in [5.74, 6) is 0.0916. The van der Waals surface area contributed by atoms with Crippen LogP contribution in [0.15, 0.2) is 42.0 Å². The van der Waals surface area contributed by atoms with Crippen molar-refractivity contribution >= 4 is 23.3 Å². The van der Waals surface area contributed by atoms with Crippen molar-refractivity contribution in [2.24, 2.45) is 5.92 Å². The van der Waals surface area contributed by atoms with Gasteiger partial charge in [-0.1, -0.05) is 44.2 Å². The Hall–Kier alpha value is -2.41. The molecule has 6 nitrogen and oxygen atoms in total. The predicted octanol–water partition coefficient (Wildman–Crippen LogP) is 4.31. The van der Waals surface area contributed by atoms with E-state index in [1.54, 1.807) is 11.7 Å². The Labute approximate surface area is 177 Å². The Bertz CT molecular complexity index is 737. The Balaban J connectivity index is 1.88. The molecule has 2 amide bonds. The molecular formula is C22H31N3O3S. The lowest BCUT2D eigenvalue weighted by Crippen LogP contribution is -2.40. The highest BCUT2D eigenvalue weighted by Crippen LogP contribution is 2.12. The summed E-state index contributed by atoms with van der Waals surface area (Å²) in [6, 6.07) is 10.0. The van der Waals surface area contributed by atoms with Crippen LogP contribution in [0.25, 0.3) is 0 Å². The number of nitrogens with one attached hydrogen (secondary N) is 2. The number of alkyl carbamates (subject to hydrolysis) is 1. The number of rotatable bonds is 11. The van der Waals surface area contributed by atoms with E-state index in [-0.39, 0.29) is 30.5 Å². The third kappa shape index (κ3) is 8.64. The molecule has 1 aromatic carbocycles. The normalized spacial score (nSPS) is 13.9. The molecule has 0 aliphatic heterocycles. The van der Waals surface area contributed by atoms with Crippen molar-refractivity contribution in [3.63, 3.8) is 0 Å². The minimum atomic E-state index is -0.435. The highest BCUT2D eigenvalue weighted by molar-refractivity contribution is 7.09. The SMILES string of the molecule is CCC(C)C(=O)NC(C)CCC(Cc1ccccc1)NC(=O)OCc1cncs1. The fourth-order valence-corrected chi connectivity index (χ4v) is 3.38. The highest BCUT2D eigenvalue weighted by Gasteiger charge is 2.18. The van der Waals surface area contributed by atoms with Crippen molar-refractivity contribution in [3.8, 4) is 0 Å². The molecule has 2 rings (SSSR count). The van der Waals surface area contributed by atoms with Crippen molar-refractivity contribution in [2.75, 3.05) is 0 Å². The lowest BCUT2D eigenvalue weighted by atomic mass is 9.99. The van der Waals surface area contributed by atoms with E-state index in [0.29, 0.717) is 6.42 Å². The van der Waals surface area contributed by atoms with Crippen molar-refractivity contribution in [2.45, 2.75) is 65.1 Å². The van der Waals surface area contributed by atoms with Gasteiger partial charge in [-0.15, -0.1) is 11.3 Å². The van der Waals surface area contributed by atoms with Gasteiger partial charge in [0.1, 0.15) is 6.61 Å². The number of thiazole rings is 1. The van der Waals surface area contributed by atoms with E-state index in [1.807, 2.05) is 51.1 Å². The fourth-order valence-electron chi connectivity index (χ4n) is 2.88. The van der Waals surface area contributed by atoms with Gasteiger partial charge in [-0.05, 0) is 38.2 Å². The first kappa shape index (κ1) is 22.9. The standard InChI is InChI=1S/C22H31N3O3S/c1-4-16(2)21(26)24-17(3)10-11-19(12-18-8-6-5-7-9-18)25-22(27)28-14-20-13-23-15-29-20/h5-9,13,15-17,19H,4,10-12,14H2,1-3H3,(H,24,26)(H,25,27). The van der Waals surface area contributed by atoms with Gasteiger partial charge in [-0.2, -0.15) is 0 Å². The number of nitrogens with zero attached hydrogens (tertiary/aromatic N) is 1. The molecule has 3 unspecified atom stereocenters. The molecule has 29 heavy (non-hydrogen) atoms. The van der Waals surface area contributed by atoms with Crippen LogP contribution in [0.2, 0.25) is 0 Å². The van der Waals surface area contributed by atoms with Gasteiger partial charge in [0, 0.05) is 24.2 Å². The Morgan fingerprint density at radius 2 is 1.90 bits per heavy atom. The second-order valence-electron chi connectivity index (χ2n) is 7.37. The van der Waals surface area contributed by atoms with Crippen LogP contribution in [0.1, 0.15) is 50.5 Å². The number of ether oxygens (including phenoxy) is 1. The maximum absolute atomic E-state index is 12.3. The van der Waals surface area contributed by atoms with Crippen LogP contribution in [-0.2, 0) is 22.6 Å². The summed E-state index contributed by atoms with van der Waals surface area (Å²) in [6.07, 6.45) is 4.31. The van der Waals surface area contributed by atoms with Crippen LogP contribution < -0.4 is 10.6 Å². The first-order chi connectivity index (χ1) is 14.0. The molecule has 0 saturated carbocycles. The minimum absolute atomic E-state index is 0.0115. The molecule has 0 spiro atoms. The van der Waals surface area contributed by atoms with E-state index in [2.05, 4.69) is 15.6 Å². The van der Waals surface area contributed by atoms with Gasteiger partial charge in [0.25, 0.3) is 0 Å². The molecule has 7 heteroatoms. The minimum Gasteiger partial charge on any atom is -0.444 e. The number of carbonyl (C=O) groups excluding carboxylic acids is 2. The van der Waals surface area contributed by atoms with Gasteiger partial charge < -0.3 is 15.4 Å². The average Bonchev–Trinajstić information content (AvgIpc) is 3.24. The van der Waals surface area contributed by atoms with Gasteiger partial charge in [0.15, 0.2) is 0 Å². The lowest BCUT2D eigenvalue weighted by Gasteiger charge is -2.22. The number of benzene rings is 1. The van der Waals surface area contributed by atoms with Gasteiger partial charge in [-0.3, -0.25) is 9.78 Å². The van der Waals surface area contributed by atoms with Crippen molar-refractivity contribution in [3.05, 3.63) is 52.5 Å². The zero-order valence-electron chi connectivity index (χ0n) is 17.4. The van der Waals surface area contributed by atoms with Crippen LogP contribution in [0.5, 0.6) is 0 Å². The van der Waals surface area contributed by atoms with E-state index in [0.717, 1.165) is 29.7 Å². The van der Waals surface area contributed by atoms with Gasteiger partial charge in [-0.25, -0.2) is 4.79 Å². The number of carbonyl (C=O) groups is 2. The van der Waals surface area contributed by atoms with Gasteiger partial charge in [0.05, 0.1) is 10.4 Å². The molecule has 158 valence electrons. The molecule has 0 bridgehead atoms. The smallest absolute Gasteiger partial charge is 0.407 e. The molecular weight excluding hydrogens is 386 g/mol. The molecule has 0 radical (unpaired) electrons. The van der Waals surface area contributed by atoms with Crippen LogP contribution in [0, 0.1) is 5.92 Å². The Kier molecular flexibility index (Phi) is 9.64. The number of aromatic nitrogens is 1. The zero-order chi connectivity index (χ0) is 21.1. The van der Waals surface area contributed by atoms with E-state index in [1.165, 1.54) is 11.3 Å². The second-order valence-corrected chi connectivity index (χ2v) is 8.34. The maximum Gasteiger partial charge on any atom is 0.407 e. The molecule has 2 aromatic rings. The largest absolute Gasteiger partial charge is 0.444 e. The molecule has 2 N–H and O–H groups in total. The summed E-state index contributed by atoms with van der Waals surface area (Å²) in [4.78, 5) is 29.2. The Morgan fingerprint density at radius 1 is 1.14 bits per heavy atom. The molecule has 0 aliphatic rings. The molecule has 3 atom stereocenters. The molecule has 0 saturated heterocycles. The van der Waals surface area contributed by atoms with Gasteiger partial charge >= 0.3 is 6.09 Å². The van der Waals surface area contributed by atoms with Crippen molar-refractivity contribution in [1.29, 1.82) is 0 Å². The zero-order valence-corrected chi connectivity index (χ0v) is 18.2. The number of hydrogen-bond donors (Lipinski definition) is 2. The van der Waals surface area contributed by atoms with Crippen LogP contribution >= 0.6 is 11.3 Å². The highest BCUT2D eigenvalue weighted by atomic mass is 32.1. The summed E-state index contributed by atoms with van der Waals surface area (Å²) in [5.41, 5.74) is 2.86. The lowest BCUT2D eigenvalue weighted by molar-refractivity contribution is -0.125. The van der Waals surface area contributed by atoms with Crippen LogP contribution in [-0.4, -0.2) is 29.1 Å². The monoisotopic (exact) mass is 417 g/mol. The Morgan fingerprint density at radius 3 is 2.55 bits per heavy atom. The van der Waals surface area contributed by atoms with Crippen LogP contribution in [0.3, 0.4) is 0 Å². The quantitative estimate of drug-likeness (QED) is 0.571. The molecule has 0 aliphatic carbocycles. The predicted molar refractivity (Wildman–Crippen MR) is 116 cm³/mol. The molecule has 1 heterocycles. The second kappa shape index (κ2) is 12.2. The third-order valence-corrected chi connectivity index (χ3v) is 5.63. The maximum atomic E-state index is 12.3. The average molecular weight is 418 g/mol. The van der Waals surface area contributed by atoms with Crippen molar-refractivity contribution < 1.29 is 14.3 Å². The van der Waals surface area contributed by atoms with Crippen molar-refractivity contribution in [1.82, 2.24) is 15.6 Å². The van der Waals surface area contributed by atoms with E-state index in [4.69, 9.17) is 4.74 Å². The summed E-state index contributed by atoms with van der Waals surface area (Å²) in [6.45, 7) is 6.16. The van der Waals surface area contributed by atoms with Crippen LogP contribution in [0.4, 0.5) is 4.79 Å². The van der Waals surface area contributed by atoms with E-state index < -0.39 is 6.09 Å². The summed E-state index contributed by atoms with van der Waals surface area (Å²) < 4.78 is 5.32. The first-order valence-electron chi connectivity index (χ1n) is 10.1. The summed E-state index contributed by atoms with van der Waals surface area (Å²) >= 11 is 1.45.